The normalized spacial score (nSPS) is 10.9. The molecule has 23 heavy (non-hydrogen) atoms. The van der Waals surface area contributed by atoms with Gasteiger partial charge in [0.2, 0.25) is 5.76 Å². The van der Waals surface area contributed by atoms with E-state index in [1.54, 1.807) is 19.1 Å². The third-order valence-corrected chi connectivity index (χ3v) is 3.78. The minimum Gasteiger partial charge on any atom is -0.508 e. The first kappa shape index (κ1) is 15.4. The van der Waals surface area contributed by atoms with Crippen LogP contribution in [-0.4, -0.2) is 11.1 Å². The van der Waals surface area contributed by atoms with E-state index in [-0.39, 0.29) is 23.7 Å². The summed E-state index contributed by atoms with van der Waals surface area (Å²) in [5, 5.41) is 10.3. The Morgan fingerprint density at radius 2 is 2.04 bits per heavy atom. The van der Waals surface area contributed by atoms with Gasteiger partial charge in [0.25, 0.3) is 0 Å². The van der Waals surface area contributed by atoms with Crippen molar-refractivity contribution in [3.8, 4) is 5.75 Å². The number of ether oxygens (including phenoxy) is 1. The maximum Gasteiger partial charge on any atom is 0.374 e. The van der Waals surface area contributed by atoms with Gasteiger partial charge in [0, 0.05) is 22.6 Å². The van der Waals surface area contributed by atoms with Gasteiger partial charge in [-0.15, -0.1) is 0 Å². The lowest BCUT2D eigenvalue weighted by Crippen LogP contribution is -2.07. The van der Waals surface area contributed by atoms with Gasteiger partial charge in [-0.3, -0.25) is 0 Å². The van der Waals surface area contributed by atoms with Crippen molar-refractivity contribution in [2.24, 2.45) is 0 Å². The Morgan fingerprint density at radius 1 is 1.26 bits per heavy atom. The number of phenols is 1. The molecular formula is C16H11BrO6. The molecule has 1 N–H and O–H groups in total. The average Bonchev–Trinajstić information content (AvgIpc) is 2.95. The highest BCUT2D eigenvalue weighted by atomic mass is 79.9. The van der Waals surface area contributed by atoms with E-state index in [1.165, 1.54) is 18.2 Å². The second-order valence-corrected chi connectivity index (χ2v) is 5.64. The number of carbonyl (C=O) groups is 1. The van der Waals surface area contributed by atoms with Crippen molar-refractivity contribution < 1.29 is 23.5 Å². The number of furan rings is 1. The number of aromatic hydroxyl groups is 1. The molecule has 2 heterocycles. The van der Waals surface area contributed by atoms with Crippen LogP contribution < -0.4 is 5.63 Å². The van der Waals surface area contributed by atoms with Crippen LogP contribution in [0.1, 0.15) is 21.7 Å². The number of rotatable bonds is 3. The molecule has 3 aromatic rings. The Kier molecular flexibility index (Phi) is 3.96. The van der Waals surface area contributed by atoms with Gasteiger partial charge in [0.1, 0.15) is 17.9 Å². The van der Waals surface area contributed by atoms with Gasteiger partial charge in [-0.25, -0.2) is 9.59 Å². The largest absolute Gasteiger partial charge is 0.508 e. The van der Waals surface area contributed by atoms with Gasteiger partial charge in [-0.05, 0) is 47.1 Å². The summed E-state index contributed by atoms with van der Waals surface area (Å²) in [6, 6.07) is 7.41. The van der Waals surface area contributed by atoms with Gasteiger partial charge in [-0.2, -0.15) is 0 Å². The molecule has 1 aromatic carbocycles. The molecule has 6 nitrogen and oxygen atoms in total. The molecule has 2 aromatic heterocycles. The zero-order chi connectivity index (χ0) is 16.6. The van der Waals surface area contributed by atoms with Gasteiger partial charge in [0.05, 0.1) is 0 Å². The second-order valence-electron chi connectivity index (χ2n) is 4.86. The van der Waals surface area contributed by atoms with Crippen molar-refractivity contribution >= 4 is 32.9 Å². The van der Waals surface area contributed by atoms with E-state index in [4.69, 9.17) is 13.6 Å². The Labute approximate surface area is 138 Å². The van der Waals surface area contributed by atoms with Crippen LogP contribution in [0.15, 0.2) is 48.6 Å². The number of hydrogen-bond acceptors (Lipinski definition) is 6. The fourth-order valence-corrected chi connectivity index (χ4v) is 2.48. The lowest BCUT2D eigenvalue weighted by Gasteiger charge is -2.08. The van der Waals surface area contributed by atoms with Crippen LogP contribution in [0.5, 0.6) is 5.75 Å². The molecule has 0 unspecified atom stereocenters. The van der Waals surface area contributed by atoms with Gasteiger partial charge in [-0.1, -0.05) is 0 Å². The number of aryl methyl sites for hydroxylation is 1. The summed E-state index contributed by atoms with van der Waals surface area (Å²) in [5.74, 6) is -0.569. The van der Waals surface area contributed by atoms with Crippen molar-refractivity contribution in [1.29, 1.82) is 0 Å². The van der Waals surface area contributed by atoms with Gasteiger partial charge < -0.3 is 18.7 Å². The third-order valence-electron chi connectivity index (χ3n) is 3.35. The summed E-state index contributed by atoms with van der Waals surface area (Å²) in [5.41, 5.74) is 0.614. The standard InChI is InChI=1S/C16H11BrO6/c1-8-11(18)3-2-10-9(6-14(19)23-15(8)10)7-21-16(20)12-4-5-13(17)22-12/h2-6,18H,7H2,1H3. The van der Waals surface area contributed by atoms with Crippen LogP contribution in [0.25, 0.3) is 11.0 Å². The summed E-state index contributed by atoms with van der Waals surface area (Å²) in [7, 11) is 0. The Morgan fingerprint density at radius 3 is 2.74 bits per heavy atom. The molecule has 0 saturated heterocycles. The number of phenolic OH excluding ortho intramolecular Hbond substituents is 1. The zero-order valence-corrected chi connectivity index (χ0v) is 13.5. The van der Waals surface area contributed by atoms with Gasteiger partial charge >= 0.3 is 11.6 Å². The minimum atomic E-state index is -0.646. The number of halogens is 1. The Bertz CT molecular complexity index is 953. The van der Waals surface area contributed by atoms with Crippen molar-refractivity contribution in [1.82, 2.24) is 0 Å². The fraction of sp³-hybridized carbons (Fsp3) is 0.125. The first-order chi connectivity index (χ1) is 11.0. The number of hydrogen-bond donors (Lipinski definition) is 1. The number of esters is 1. The lowest BCUT2D eigenvalue weighted by molar-refractivity contribution is 0.0435. The summed E-state index contributed by atoms with van der Waals surface area (Å²) < 4.78 is 15.8. The van der Waals surface area contributed by atoms with Crippen molar-refractivity contribution in [2.45, 2.75) is 13.5 Å². The van der Waals surface area contributed by atoms with E-state index in [0.717, 1.165) is 0 Å². The maximum absolute atomic E-state index is 11.9. The Hall–Kier alpha value is -2.54. The summed E-state index contributed by atoms with van der Waals surface area (Å²) in [6.07, 6.45) is 0. The van der Waals surface area contributed by atoms with Gasteiger partial charge in [0.15, 0.2) is 4.67 Å². The highest BCUT2D eigenvalue weighted by molar-refractivity contribution is 9.10. The SMILES string of the molecule is Cc1c(O)ccc2c(COC(=O)c3ccc(Br)o3)cc(=O)oc12. The Balaban J connectivity index is 1.92. The molecule has 0 fully saturated rings. The third kappa shape index (κ3) is 3.00. The predicted molar refractivity (Wildman–Crippen MR) is 84.4 cm³/mol. The highest BCUT2D eigenvalue weighted by Crippen LogP contribution is 2.27. The highest BCUT2D eigenvalue weighted by Gasteiger charge is 2.15. The van der Waals surface area contributed by atoms with Crippen LogP contribution in [0, 0.1) is 6.92 Å². The zero-order valence-electron chi connectivity index (χ0n) is 12.0. The molecule has 7 heteroatoms. The average molecular weight is 379 g/mol. The minimum absolute atomic E-state index is 0.0234. The van der Waals surface area contributed by atoms with Crippen molar-refractivity contribution in [3.05, 3.63) is 62.3 Å². The van der Waals surface area contributed by atoms with Crippen molar-refractivity contribution in [2.75, 3.05) is 0 Å². The van der Waals surface area contributed by atoms with Crippen LogP contribution in [0.3, 0.4) is 0 Å². The molecule has 0 atom stereocenters. The first-order valence-electron chi connectivity index (χ1n) is 6.63. The van der Waals surface area contributed by atoms with E-state index in [0.29, 0.717) is 21.2 Å². The number of carbonyl (C=O) groups excluding carboxylic acids is 1. The molecule has 0 radical (unpaired) electrons. The molecule has 0 aliphatic heterocycles. The predicted octanol–water partition coefficient (Wildman–Crippen LogP) is 3.52. The van der Waals surface area contributed by atoms with Crippen LogP contribution in [0.2, 0.25) is 0 Å². The molecule has 0 aliphatic rings. The molecular weight excluding hydrogens is 368 g/mol. The van der Waals surface area contributed by atoms with Crippen LogP contribution in [-0.2, 0) is 11.3 Å². The van der Waals surface area contributed by atoms with E-state index in [9.17, 15) is 14.7 Å². The first-order valence-corrected chi connectivity index (χ1v) is 7.43. The smallest absolute Gasteiger partial charge is 0.374 e. The van der Waals surface area contributed by atoms with E-state index >= 15 is 0 Å². The summed E-state index contributed by atoms with van der Waals surface area (Å²) in [4.78, 5) is 23.6. The second kappa shape index (κ2) is 5.92. The topological polar surface area (TPSA) is 89.9 Å². The molecule has 3 rings (SSSR count). The monoisotopic (exact) mass is 378 g/mol. The molecule has 0 amide bonds. The molecule has 0 bridgehead atoms. The molecule has 0 spiro atoms. The fourth-order valence-electron chi connectivity index (χ4n) is 2.17. The van der Waals surface area contributed by atoms with Crippen molar-refractivity contribution in [3.63, 3.8) is 0 Å². The van der Waals surface area contributed by atoms with E-state index in [2.05, 4.69) is 15.9 Å². The lowest BCUT2D eigenvalue weighted by atomic mass is 10.1. The quantitative estimate of drug-likeness (QED) is 0.553. The molecule has 0 saturated carbocycles. The summed E-state index contributed by atoms with van der Waals surface area (Å²) >= 11 is 3.10. The maximum atomic E-state index is 11.9. The molecule has 118 valence electrons. The van der Waals surface area contributed by atoms with Crippen LogP contribution >= 0.6 is 15.9 Å². The molecule has 0 aliphatic carbocycles. The van der Waals surface area contributed by atoms with Crippen LogP contribution in [0.4, 0.5) is 0 Å². The van der Waals surface area contributed by atoms with E-state index < -0.39 is 11.6 Å². The summed E-state index contributed by atoms with van der Waals surface area (Å²) in [6.45, 7) is 1.51. The van der Waals surface area contributed by atoms with E-state index in [1.807, 2.05) is 0 Å². The number of fused-ring (bicyclic) bond motifs is 1. The number of benzene rings is 1.